The predicted octanol–water partition coefficient (Wildman–Crippen LogP) is -0.144. The van der Waals surface area contributed by atoms with Gasteiger partial charge in [-0.3, -0.25) is 14.8 Å². The molecule has 0 aliphatic heterocycles. The molecule has 0 radical (unpaired) electrons. The summed E-state index contributed by atoms with van der Waals surface area (Å²) in [6.07, 6.45) is 0. The van der Waals surface area contributed by atoms with E-state index in [9.17, 15) is 4.79 Å². The quantitative estimate of drug-likeness (QED) is 0.650. The summed E-state index contributed by atoms with van der Waals surface area (Å²) in [6, 6.07) is 0. The Morgan fingerprint density at radius 1 is 1.56 bits per heavy atom. The van der Waals surface area contributed by atoms with E-state index in [2.05, 4.69) is 15.5 Å². The third-order valence-corrected chi connectivity index (χ3v) is 2.32. The number of amides is 1. The second-order valence-corrected chi connectivity index (χ2v) is 3.88. The number of hydrogen-bond donors (Lipinski definition) is 3. The lowest BCUT2D eigenvalue weighted by atomic mass is 10.3. The summed E-state index contributed by atoms with van der Waals surface area (Å²) in [6.45, 7) is 5.31. The number of aryl methyl sites for hydroxylation is 2. The van der Waals surface area contributed by atoms with Gasteiger partial charge >= 0.3 is 0 Å². The summed E-state index contributed by atoms with van der Waals surface area (Å²) in [7, 11) is 1.86. The minimum absolute atomic E-state index is 0.0523. The maximum atomic E-state index is 11.7. The smallest absolute Gasteiger partial charge is 0.238 e. The first-order chi connectivity index (χ1) is 7.54. The van der Waals surface area contributed by atoms with Gasteiger partial charge in [0, 0.05) is 13.1 Å². The Bertz CT molecular complexity index is 341. The minimum atomic E-state index is -0.0523. The predicted molar refractivity (Wildman–Crippen MR) is 63.2 cm³/mol. The van der Waals surface area contributed by atoms with Crippen molar-refractivity contribution < 1.29 is 4.79 Å². The number of anilines is 1. The van der Waals surface area contributed by atoms with E-state index in [1.54, 1.807) is 0 Å². The van der Waals surface area contributed by atoms with Crippen molar-refractivity contribution in [2.45, 2.75) is 13.8 Å². The molecule has 0 aliphatic carbocycles. The van der Waals surface area contributed by atoms with Gasteiger partial charge in [0.15, 0.2) is 0 Å². The van der Waals surface area contributed by atoms with Gasteiger partial charge in [-0.05, 0) is 20.9 Å². The zero-order valence-electron chi connectivity index (χ0n) is 10.0. The van der Waals surface area contributed by atoms with Gasteiger partial charge in [0.25, 0.3) is 0 Å². The number of aromatic nitrogens is 2. The maximum Gasteiger partial charge on any atom is 0.238 e. The van der Waals surface area contributed by atoms with E-state index >= 15 is 0 Å². The van der Waals surface area contributed by atoms with Gasteiger partial charge in [-0.25, -0.2) is 0 Å². The summed E-state index contributed by atoms with van der Waals surface area (Å²) in [4.78, 5) is 13.5. The SMILES string of the molecule is Cc1n[nH]c(C)c1NC(=O)CN(C)CCN. The van der Waals surface area contributed by atoms with Crippen molar-refractivity contribution in [1.82, 2.24) is 15.1 Å². The monoisotopic (exact) mass is 225 g/mol. The number of likely N-dealkylation sites (N-methyl/N-ethyl adjacent to an activating group) is 1. The topological polar surface area (TPSA) is 87.0 Å². The Kier molecular flexibility index (Phi) is 4.45. The molecule has 1 rings (SSSR count). The number of carbonyl (C=O) groups excluding carboxylic acids is 1. The van der Waals surface area contributed by atoms with Crippen LogP contribution < -0.4 is 11.1 Å². The standard InChI is InChI=1S/C10H19N5O/c1-7-10(8(2)14-13-7)12-9(16)6-15(3)5-4-11/h4-6,11H2,1-3H3,(H,12,16)(H,13,14). The van der Waals surface area contributed by atoms with E-state index in [1.807, 2.05) is 25.8 Å². The largest absolute Gasteiger partial charge is 0.329 e. The molecule has 1 aromatic rings. The van der Waals surface area contributed by atoms with Crippen molar-refractivity contribution in [2.75, 3.05) is 32.0 Å². The van der Waals surface area contributed by atoms with Gasteiger partial charge in [0.1, 0.15) is 0 Å². The normalized spacial score (nSPS) is 10.8. The highest BCUT2D eigenvalue weighted by atomic mass is 16.2. The average molecular weight is 225 g/mol. The lowest BCUT2D eigenvalue weighted by Gasteiger charge is -2.14. The molecule has 1 amide bonds. The number of hydrogen-bond acceptors (Lipinski definition) is 4. The van der Waals surface area contributed by atoms with Crippen LogP contribution in [0.2, 0.25) is 0 Å². The minimum Gasteiger partial charge on any atom is -0.329 e. The number of carbonyl (C=O) groups is 1. The summed E-state index contributed by atoms with van der Waals surface area (Å²) in [5.74, 6) is -0.0523. The van der Waals surface area contributed by atoms with Crippen LogP contribution in [0.3, 0.4) is 0 Å². The molecule has 90 valence electrons. The number of nitrogens with zero attached hydrogens (tertiary/aromatic N) is 2. The summed E-state index contributed by atoms with van der Waals surface area (Å²) in [5.41, 5.74) is 7.84. The molecule has 0 fully saturated rings. The molecular weight excluding hydrogens is 206 g/mol. The molecule has 4 N–H and O–H groups in total. The average Bonchev–Trinajstić information content (AvgIpc) is 2.49. The molecule has 0 atom stereocenters. The van der Waals surface area contributed by atoms with Crippen molar-refractivity contribution in [1.29, 1.82) is 0 Å². The van der Waals surface area contributed by atoms with Crippen LogP contribution in [0.5, 0.6) is 0 Å². The molecule has 0 unspecified atom stereocenters. The Hall–Kier alpha value is -1.40. The van der Waals surface area contributed by atoms with Crippen LogP contribution >= 0.6 is 0 Å². The Balaban J connectivity index is 2.52. The van der Waals surface area contributed by atoms with E-state index in [1.165, 1.54) is 0 Å². The lowest BCUT2D eigenvalue weighted by molar-refractivity contribution is -0.117. The molecule has 0 aliphatic rings. The second kappa shape index (κ2) is 5.62. The summed E-state index contributed by atoms with van der Waals surface area (Å²) >= 11 is 0. The highest BCUT2D eigenvalue weighted by molar-refractivity contribution is 5.93. The van der Waals surface area contributed by atoms with Gasteiger partial charge in [-0.2, -0.15) is 5.10 Å². The zero-order chi connectivity index (χ0) is 12.1. The van der Waals surface area contributed by atoms with Crippen LogP contribution in [0, 0.1) is 13.8 Å². The number of H-pyrrole nitrogens is 1. The molecule has 1 aromatic heterocycles. The van der Waals surface area contributed by atoms with Gasteiger partial charge in [-0.15, -0.1) is 0 Å². The maximum absolute atomic E-state index is 11.7. The van der Waals surface area contributed by atoms with Gasteiger partial charge in [-0.1, -0.05) is 0 Å². The summed E-state index contributed by atoms with van der Waals surface area (Å²) in [5, 5.41) is 9.67. The van der Waals surface area contributed by atoms with Crippen LogP contribution in [0.25, 0.3) is 0 Å². The van der Waals surface area contributed by atoms with Gasteiger partial charge in [0.2, 0.25) is 5.91 Å². The molecule has 16 heavy (non-hydrogen) atoms. The Labute approximate surface area is 95.2 Å². The van der Waals surface area contributed by atoms with Crippen molar-refractivity contribution in [3.63, 3.8) is 0 Å². The molecule has 0 saturated heterocycles. The molecule has 0 spiro atoms. The van der Waals surface area contributed by atoms with Crippen molar-refractivity contribution in [3.05, 3.63) is 11.4 Å². The van der Waals surface area contributed by atoms with E-state index < -0.39 is 0 Å². The van der Waals surface area contributed by atoms with Crippen molar-refractivity contribution in [2.24, 2.45) is 5.73 Å². The van der Waals surface area contributed by atoms with E-state index in [0.717, 1.165) is 17.1 Å². The molecule has 6 nitrogen and oxygen atoms in total. The fourth-order valence-corrected chi connectivity index (χ4v) is 1.46. The second-order valence-electron chi connectivity index (χ2n) is 3.88. The van der Waals surface area contributed by atoms with Crippen LogP contribution in [-0.2, 0) is 4.79 Å². The zero-order valence-corrected chi connectivity index (χ0v) is 10.0. The molecule has 1 heterocycles. The van der Waals surface area contributed by atoms with E-state index in [0.29, 0.717) is 19.6 Å². The lowest BCUT2D eigenvalue weighted by Crippen LogP contribution is -2.33. The fourth-order valence-electron chi connectivity index (χ4n) is 1.46. The first-order valence-electron chi connectivity index (χ1n) is 5.24. The van der Waals surface area contributed by atoms with Crippen LogP contribution in [0.15, 0.2) is 0 Å². The molecule has 6 heteroatoms. The Morgan fingerprint density at radius 2 is 2.25 bits per heavy atom. The molecule has 0 saturated carbocycles. The number of nitrogens with one attached hydrogen (secondary N) is 2. The van der Waals surface area contributed by atoms with Crippen molar-refractivity contribution >= 4 is 11.6 Å². The molecule has 0 aromatic carbocycles. The van der Waals surface area contributed by atoms with Gasteiger partial charge in [0.05, 0.1) is 23.6 Å². The highest BCUT2D eigenvalue weighted by Gasteiger charge is 2.11. The van der Waals surface area contributed by atoms with Crippen LogP contribution in [-0.4, -0.2) is 47.7 Å². The summed E-state index contributed by atoms with van der Waals surface area (Å²) < 4.78 is 0. The van der Waals surface area contributed by atoms with E-state index in [-0.39, 0.29) is 5.91 Å². The third-order valence-electron chi connectivity index (χ3n) is 2.32. The first kappa shape index (κ1) is 12.7. The first-order valence-corrected chi connectivity index (χ1v) is 5.24. The van der Waals surface area contributed by atoms with Crippen molar-refractivity contribution in [3.8, 4) is 0 Å². The third kappa shape index (κ3) is 3.32. The highest BCUT2D eigenvalue weighted by Crippen LogP contribution is 2.15. The van der Waals surface area contributed by atoms with E-state index in [4.69, 9.17) is 5.73 Å². The number of aromatic amines is 1. The molecular formula is C10H19N5O. The van der Waals surface area contributed by atoms with Gasteiger partial charge < -0.3 is 11.1 Å². The Morgan fingerprint density at radius 3 is 2.75 bits per heavy atom. The van der Waals surface area contributed by atoms with Crippen LogP contribution in [0.1, 0.15) is 11.4 Å². The molecule has 0 bridgehead atoms. The fraction of sp³-hybridized carbons (Fsp3) is 0.600. The number of rotatable bonds is 5. The number of nitrogens with two attached hydrogens (primary N) is 1. The van der Waals surface area contributed by atoms with Crippen LogP contribution in [0.4, 0.5) is 5.69 Å².